The van der Waals surface area contributed by atoms with Gasteiger partial charge in [0.15, 0.2) is 4.77 Å². The van der Waals surface area contributed by atoms with Gasteiger partial charge in [0.25, 0.3) is 0 Å². The lowest BCUT2D eigenvalue weighted by molar-refractivity contribution is 0.616. The second-order valence-electron chi connectivity index (χ2n) is 3.30. The summed E-state index contributed by atoms with van der Waals surface area (Å²) in [5, 5.41) is 6.66. The van der Waals surface area contributed by atoms with Crippen molar-refractivity contribution in [2.45, 2.75) is 13.8 Å². The lowest BCUT2D eigenvalue weighted by Gasteiger charge is -2.08. The van der Waals surface area contributed by atoms with Gasteiger partial charge in [-0.2, -0.15) is 5.10 Å². The van der Waals surface area contributed by atoms with Crippen LogP contribution in [0.4, 0.5) is 4.39 Å². The van der Waals surface area contributed by atoms with E-state index >= 15 is 0 Å². The van der Waals surface area contributed by atoms with Gasteiger partial charge in [0.1, 0.15) is 11.6 Å². The van der Waals surface area contributed by atoms with Gasteiger partial charge in [-0.05, 0) is 38.2 Å². The summed E-state index contributed by atoms with van der Waals surface area (Å²) in [5.41, 5.74) is 1.30. The molecule has 0 spiro atoms. The second kappa shape index (κ2) is 3.58. The molecular formula is C10H10FN3S. The van der Waals surface area contributed by atoms with Gasteiger partial charge in [-0.25, -0.2) is 4.39 Å². The molecule has 5 heteroatoms. The van der Waals surface area contributed by atoms with Crippen molar-refractivity contribution in [1.29, 1.82) is 0 Å². The van der Waals surface area contributed by atoms with Crippen molar-refractivity contribution in [2.24, 2.45) is 0 Å². The normalized spacial score (nSPS) is 10.6. The largest absolute Gasteiger partial charge is 0.272 e. The summed E-state index contributed by atoms with van der Waals surface area (Å²) in [5.74, 6) is 0.476. The highest BCUT2D eigenvalue weighted by Crippen LogP contribution is 2.18. The quantitative estimate of drug-likeness (QED) is 0.754. The van der Waals surface area contributed by atoms with Crippen molar-refractivity contribution in [1.82, 2.24) is 14.8 Å². The first kappa shape index (κ1) is 10.0. The summed E-state index contributed by atoms with van der Waals surface area (Å²) in [6.45, 7) is 3.54. The van der Waals surface area contributed by atoms with Crippen molar-refractivity contribution in [2.75, 3.05) is 0 Å². The molecule has 0 aliphatic heterocycles. The van der Waals surface area contributed by atoms with Gasteiger partial charge in [-0.15, -0.1) is 0 Å². The third kappa shape index (κ3) is 1.59. The first-order chi connectivity index (χ1) is 7.11. The zero-order valence-electron chi connectivity index (χ0n) is 8.41. The topological polar surface area (TPSA) is 33.6 Å². The van der Waals surface area contributed by atoms with Crippen molar-refractivity contribution < 1.29 is 4.39 Å². The summed E-state index contributed by atoms with van der Waals surface area (Å²) < 4.78 is 15.5. The maximum absolute atomic E-state index is 13.4. The molecule has 0 radical (unpaired) electrons. The van der Waals surface area contributed by atoms with E-state index in [0.717, 1.165) is 5.69 Å². The fourth-order valence-corrected chi connectivity index (χ4v) is 1.77. The number of H-pyrrole nitrogens is 1. The fourth-order valence-electron chi connectivity index (χ4n) is 1.50. The summed E-state index contributed by atoms with van der Waals surface area (Å²) in [7, 11) is 0. The first-order valence-electron chi connectivity index (χ1n) is 4.51. The van der Waals surface area contributed by atoms with Gasteiger partial charge in [0, 0.05) is 5.56 Å². The van der Waals surface area contributed by atoms with E-state index in [9.17, 15) is 4.39 Å². The molecule has 1 aromatic carbocycles. The maximum atomic E-state index is 13.4. The van der Waals surface area contributed by atoms with Crippen molar-refractivity contribution in [3.63, 3.8) is 0 Å². The Morgan fingerprint density at radius 3 is 2.73 bits per heavy atom. The average Bonchev–Trinajstić information content (AvgIpc) is 2.52. The van der Waals surface area contributed by atoms with Crippen LogP contribution in [-0.4, -0.2) is 14.8 Å². The van der Waals surface area contributed by atoms with Crippen LogP contribution in [0, 0.1) is 24.4 Å². The van der Waals surface area contributed by atoms with E-state index in [2.05, 4.69) is 10.2 Å². The van der Waals surface area contributed by atoms with Gasteiger partial charge in [0.05, 0.1) is 5.69 Å². The van der Waals surface area contributed by atoms with E-state index in [1.54, 1.807) is 17.6 Å². The zero-order valence-corrected chi connectivity index (χ0v) is 9.23. The molecule has 0 aliphatic carbocycles. The molecule has 2 rings (SSSR count). The third-order valence-electron chi connectivity index (χ3n) is 2.32. The Hall–Kier alpha value is -1.49. The predicted molar refractivity (Wildman–Crippen MR) is 58.2 cm³/mol. The van der Waals surface area contributed by atoms with E-state index in [1.165, 1.54) is 6.07 Å². The fraction of sp³-hybridized carbons (Fsp3) is 0.200. The van der Waals surface area contributed by atoms with Crippen LogP contribution in [0.2, 0.25) is 0 Å². The van der Waals surface area contributed by atoms with E-state index < -0.39 is 0 Å². The molecule has 0 bridgehead atoms. The zero-order chi connectivity index (χ0) is 11.0. The number of hydrogen-bond donors (Lipinski definition) is 1. The predicted octanol–water partition coefficient (Wildman–Crippen LogP) is 2.69. The Bertz CT molecular complexity index is 556. The van der Waals surface area contributed by atoms with Crippen molar-refractivity contribution in [3.8, 4) is 5.69 Å². The van der Waals surface area contributed by atoms with Crippen LogP contribution >= 0.6 is 12.2 Å². The summed E-state index contributed by atoms with van der Waals surface area (Å²) in [6, 6.07) is 4.90. The van der Waals surface area contributed by atoms with Gasteiger partial charge in [-0.3, -0.25) is 9.67 Å². The molecule has 0 fully saturated rings. The average molecular weight is 223 g/mol. The molecule has 0 atom stereocenters. The molecule has 1 aromatic heterocycles. The van der Waals surface area contributed by atoms with Gasteiger partial charge in [-0.1, -0.05) is 6.07 Å². The van der Waals surface area contributed by atoms with Crippen LogP contribution in [0.5, 0.6) is 0 Å². The molecule has 1 heterocycles. The molecule has 78 valence electrons. The van der Waals surface area contributed by atoms with Crippen LogP contribution in [0.25, 0.3) is 5.69 Å². The number of rotatable bonds is 1. The Kier molecular flexibility index (Phi) is 2.40. The highest BCUT2D eigenvalue weighted by molar-refractivity contribution is 7.71. The monoisotopic (exact) mass is 223 g/mol. The number of hydrogen-bond acceptors (Lipinski definition) is 2. The van der Waals surface area contributed by atoms with Crippen LogP contribution < -0.4 is 0 Å². The lowest BCUT2D eigenvalue weighted by Crippen LogP contribution is -2.01. The second-order valence-corrected chi connectivity index (χ2v) is 3.68. The van der Waals surface area contributed by atoms with Crippen LogP contribution in [-0.2, 0) is 0 Å². The molecule has 15 heavy (non-hydrogen) atoms. The smallest absolute Gasteiger partial charge is 0.199 e. The minimum Gasteiger partial charge on any atom is -0.272 e. The number of aryl methyl sites for hydroxylation is 1. The summed E-state index contributed by atoms with van der Waals surface area (Å²) in [6.07, 6.45) is 0. The molecule has 0 unspecified atom stereocenters. The minimum absolute atomic E-state index is 0.241. The highest BCUT2D eigenvalue weighted by atomic mass is 32.1. The molecule has 0 amide bonds. The van der Waals surface area contributed by atoms with Crippen molar-refractivity contribution >= 4 is 12.2 Å². The number of nitrogens with one attached hydrogen (secondary N) is 1. The highest BCUT2D eigenvalue weighted by Gasteiger charge is 2.09. The first-order valence-corrected chi connectivity index (χ1v) is 4.91. The molecule has 1 N–H and O–H groups in total. The SMILES string of the molecule is Cc1c(F)cccc1-n1c(C)n[nH]c1=S. The van der Waals surface area contributed by atoms with E-state index in [4.69, 9.17) is 12.2 Å². The van der Waals surface area contributed by atoms with E-state index in [1.807, 2.05) is 13.0 Å². The van der Waals surface area contributed by atoms with Gasteiger partial charge < -0.3 is 0 Å². The molecule has 0 saturated carbocycles. The molecule has 3 nitrogen and oxygen atoms in total. The Balaban J connectivity index is 2.75. The number of halogens is 1. The third-order valence-corrected chi connectivity index (χ3v) is 2.59. The number of aromatic nitrogens is 3. The molecule has 0 saturated heterocycles. The standard InChI is InChI=1S/C10H10FN3S/c1-6-8(11)4-3-5-9(6)14-7(2)12-13-10(14)15/h3-5H,1-2H3,(H,13,15). The molecular weight excluding hydrogens is 213 g/mol. The summed E-state index contributed by atoms with van der Waals surface area (Å²) in [4.78, 5) is 0. The lowest BCUT2D eigenvalue weighted by atomic mass is 10.2. The van der Waals surface area contributed by atoms with Gasteiger partial charge in [0.2, 0.25) is 0 Å². The maximum Gasteiger partial charge on any atom is 0.199 e. The van der Waals surface area contributed by atoms with Gasteiger partial charge >= 0.3 is 0 Å². The Morgan fingerprint density at radius 1 is 1.40 bits per heavy atom. The van der Waals surface area contributed by atoms with E-state index in [0.29, 0.717) is 16.2 Å². The van der Waals surface area contributed by atoms with Crippen LogP contribution in [0.3, 0.4) is 0 Å². The number of nitrogens with zero attached hydrogens (tertiary/aromatic N) is 2. The van der Waals surface area contributed by atoms with Crippen LogP contribution in [0.15, 0.2) is 18.2 Å². The minimum atomic E-state index is -0.241. The number of aromatic amines is 1. The summed E-state index contributed by atoms with van der Waals surface area (Å²) >= 11 is 5.08. The Labute approximate surface area is 91.6 Å². The molecule has 2 aromatic rings. The Morgan fingerprint density at radius 2 is 2.13 bits per heavy atom. The molecule has 0 aliphatic rings. The van der Waals surface area contributed by atoms with Crippen LogP contribution in [0.1, 0.15) is 11.4 Å². The van der Waals surface area contributed by atoms with E-state index in [-0.39, 0.29) is 5.82 Å². The number of benzene rings is 1. The van der Waals surface area contributed by atoms with Crippen molar-refractivity contribution in [3.05, 3.63) is 40.2 Å².